The van der Waals surface area contributed by atoms with Crippen LogP contribution in [0, 0.1) is 0 Å². The van der Waals surface area contributed by atoms with Crippen molar-refractivity contribution in [3.8, 4) is 0 Å². The Bertz CT molecular complexity index is 487. The molecule has 0 spiro atoms. The van der Waals surface area contributed by atoms with Crippen LogP contribution < -0.4 is 10.0 Å². The molecule has 0 aromatic heterocycles. The van der Waals surface area contributed by atoms with Gasteiger partial charge in [0, 0.05) is 0 Å². The smallest absolute Gasteiger partial charge is 0.244 e. The van der Waals surface area contributed by atoms with Crippen LogP contribution in [0.1, 0.15) is 0 Å². The molecule has 0 radical (unpaired) electrons. The van der Waals surface area contributed by atoms with Crippen LogP contribution in [0.25, 0.3) is 0 Å². The lowest BCUT2D eigenvalue weighted by molar-refractivity contribution is 0.581. The second-order valence-electron chi connectivity index (χ2n) is 2.74. The lowest BCUT2D eigenvalue weighted by Gasteiger charge is -2.20. The molecule has 1 aliphatic rings. The molecule has 7 heteroatoms. The average molecular weight is 253 g/mol. The molecule has 1 aliphatic heterocycles. The molecule has 0 aliphatic carbocycles. The Balaban J connectivity index is 2.75. The molecule has 4 nitrogen and oxygen atoms in total. The Hall–Kier alpha value is -0.490. The molecule has 1 heterocycles. The zero-order valence-electron chi connectivity index (χ0n) is 6.84. The van der Waals surface area contributed by atoms with Gasteiger partial charge in [-0.15, -0.1) is 0 Å². The van der Waals surface area contributed by atoms with E-state index in [1.54, 1.807) is 0 Å². The maximum absolute atomic E-state index is 11.5. The summed E-state index contributed by atoms with van der Waals surface area (Å²) in [4.78, 5) is 0.123. The number of rotatable bonds is 0. The van der Waals surface area contributed by atoms with Crippen molar-refractivity contribution in [2.75, 3.05) is 12.0 Å². The lowest BCUT2D eigenvalue weighted by Crippen LogP contribution is -2.34. The van der Waals surface area contributed by atoms with Gasteiger partial charge in [0.15, 0.2) is 0 Å². The van der Waals surface area contributed by atoms with Gasteiger partial charge in [0.25, 0.3) is 0 Å². The van der Waals surface area contributed by atoms with E-state index in [1.165, 1.54) is 12.1 Å². The van der Waals surface area contributed by atoms with E-state index in [9.17, 15) is 8.42 Å². The van der Waals surface area contributed by atoms with Crippen molar-refractivity contribution in [1.82, 2.24) is 4.72 Å². The van der Waals surface area contributed by atoms with Crippen LogP contribution in [0.3, 0.4) is 0 Å². The number of sulfonamides is 1. The summed E-state index contributed by atoms with van der Waals surface area (Å²) in [5.41, 5.74) is 0.359. The number of nitrogens with one attached hydrogen (secondary N) is 2. The molecule has 14 heavy (non-hydrogen) atoms. The van der Waals surface area contributed by atoms with E-state index in [-0.39, 0.29) is 16.6 Å². The SMILES string of the molecule is O=S1(=O)NCNc2c1ccc(Cl)c2Cl. The summed E-state index contributed by atoms with van der Waals surface area (Å²) in [7, 11) is -3.44. The first kappa shape index (κ1) is 10.0. The lowest BCUT2D eigenvalue weighted by atomic mass is 10.3. The van der Waals surface area contributed by atoms with E-state index >= 15 is 0 Å². The summed E-state index contributed by atoms with van der Waals surface area (Å²) < 4.78 is 25.3. The Kier molecular flexibility index (Phi) is 2.35. The summed E-state index contributed by atoms with van der Waals surface area (Å²) in [6.07, 6.45) is 0. The highest BCUT2D eigenvalue weighted by atomic mass is 35.5. The van der Waals surface area contributed by atoms with Crippen molar-refractivity contribution < 1.29 is 8.42 Å². The third-order valence-electron chi connectivity index (χ3n) is 1.87. The molecule has 1 aromatic carbocycles. The van der Waals surface area contributed by atoms with Gasteiger partial charge in [-0.3, -0.25) is 0 Å². The molecule has 2 rings (SSSR count). The molecule has 1 aromatic rings. The number of hydrogen-bond donors (Lipinski definition) is 2. The van der Waals surface area contributed by atoms with Crippen LogP contribution in [0.4, 0.5) is 5.69 Å². The highest BCUT2D eigenvalue weighted by Gasteiger charge is 2.25. The van der Waals surface area contributed by atoms with Crippen molar-refractivity contribution in [2.45, 2.75) is 4.90 Å². The normalized spacial score (nSPS) is 18.4. The van der Waals surface area contributed by atoms with Crippen molar-refractivity contribution in [3.63, 3.8) is 0 Å². The third-order valence-corrected chi connectivity index (χ3v) is 4.12. The second kappa shape index (κ2) is 3.27. The van der Waals surface area contributed by atoms with Crippen LogP contribution >= 0.6 is 23.2 Å². The molecular weight excluding hydrogens is 247 g/mol. The molecule has 0 amide bonds. The number of halogens is 2. The summed E-state index contributed by atoms with van der Waals surface area (Å²) in [6.45, 7) is 0.120. The van der Waals surface area contributed by atoms with Crippen molar-refractivity contribution in [2.24, 2.45) is 0 Å². The van der Waals surface area contributed by atoms with Crippen LogP contribution in [-0.4, -0.2) is 15.1 Å². The maximum Gasteiger partial charge on any atom is 0.244 e. The minimum atomic E-state index is -3.44. The predicted octanol–water partition coefficient (Wildman–Crippen LogP) is 1.65. The molecule has 2 N–H and O–H groups in total. The number of anilines is 1. The first-order valence-corrected chi connectivity index (χ1v) is 5.98. The molecule has 0 atom stereocenters. The molecule has 0 saturated heterocycles. The molecule has 0 unspecified atom stereocenters. The van der Waals surface area contributed by atoms with Gasteiger partial charge in [0.2, 0.25) is 10.0 Å². The van der Waals surface area contributed by atoms with Crippen molar-refractivity contribution in [3.05, 3.63) is 22.2 Å². The van der Waals surface area contributed by atoms with Crippen LogP contribution in [0.5, 0.6) is 0 Å². The van der Waals surface area contributed by atoms with Gasteiger partial charge in [0.05, 0.1) is 22.4 Å². The Morgan fingerprint density at radius 3 is 2.71 bits per heavy atom. The fourth-order valence-electron chi connectivity index (χ4n) is 1.22. The third kappa shape index (κ3) is 1.46. The standard InChI is InChI=1S/C7H6Cl2N2O2S/c8-4-1-2-5-7(6(4)9)10-3-11-14(5,12)13/h1-2,10-11H,3H2. The maximum atomic E-state index is 11.5. The average Bonchev–Trinajstić information content (AvgIpc) is 2.11. The van der Waals surface area contributed by atoms with Crippen LogP contribution in [0.15, 0.2) is 17.0 Å². The highest BCUT2D eigenvalue weighted by molar-refractivity contribution is 7.89. The molecule has 0 saturated carbocycles. The van der Waals surface area contributed by atoms with Crippen LogP contribution in [0.2, 0.25) is 10.0 Å². The van der Waals surface area contributed by atoms with E-state index in [1.807, 2.05) is 0 Å². The zero-order valence-corrected chi connectivity index (χ0v) is 9.17. The van der Waals surface area contributed by atoms with Gasteiger partial charge in [-0.1, -0.05) is 23.2 Å². The first-order chi connectivity index (χ1) is 6.52. The van der Waals surface area contributed by atoms with E-state index in [0.717, 1.165) is 0 Å². The summed E-state index contributed by atoms with van der Waals surface area (Å²) in [5, 5.41) is 3.38. The second-order valence-corrected chi connectivity index (χ2v) is 5.26. The van der Waals surface area contributed by atoms with Gasteiger partial charge in [-0.05, 0) is 12.1 Å². The van der Waals surface area contributed by atoms with Gasteiger partial charge < -0.3 is 5.32 Å². The molecular formula is C7H6Cl2N2O2S. The molecule has 76 valence electrons. The number of hydrogen-bond acceptors (Lipinski definition) is 3. The molecule has 0 fully saturated rings. The Labute approximate surface area is 91.3 Å². The summed E-state index contributed by atoms with van der Waals surface area (Å²) in [5.74, 6) is 0. The minimum absolute atomic E-state index is 0.120. The van der Waals surface area contributed by atoms with Gasteiger partial charge in [0.1, 0.15) is 4.90 Å². The quantitative estimate of drug-likeness (QED) is 0.739. The number of benzene rings is 1. The fraction of sp³-hybridized carbons (Fsp3) is 0.143. The Morgan fingerprint density at radius 1 is 1.29 bits per heavy atom. The largest absolute Gasteiger partial charge is 0.369 e. The van der Waals surface area contributed by atoms with E-state index in [4.69, 9.17) is 23.2 Å². The predicted molar refractivity (Wildman–Crippen MR) is 55.3 cm³/mol. The van der Waals surface area contributed by atoms with E-state index < -0.39 is 10.0 Å². The number of fused-ring (bicyclic) bond motifs is 1. The zero-order chi connectivity index (χ0) is 10.3. The monoisotopic (exact) mass is 252 g/mol. The first-order valence-electron chi connectivity index (χ1n) is 3.74. The van der Waals surface area contributed by atoms with Crippen molar-refractivity contribution >= 4 is 38.9 Å². The summed E-state index contributed by atoms with van der Waals surface area (Å²) in [6, 6.07) is 2.87. The summed E-state index contributed by atoms with van der Waals surface area (Å²) >= 11 is 11.6. The Morgan fingerprint density at radius 2 is 2.00 bits per heavy atom. The molecule has 0 bridgehead atoms. The van der Waals surface area contributed by atoms with Crippen LogP contribution in [-0.2, 0) is 10.0 Å². The van der Waals surface area contributed by atoms with E-state index in [0.29, 0.717) is 10.7 Å². The highest BCUT2D eigenvalue weighted by Crippen LogP contribution is 2.36. The van der Waals surface area contributed by atoms with Crippen molar-refractivity contribution in [1.29, 1.82) is 0 Å². The topological polar surface area (TPSA) is 58.2 Å². The van der Waals surface area contributed by atoms with Gasteiger partial charge in [-0.25, -0.2) is 8.42 Å². The minimum Gasteiger partial charge on any atom is -0.369 e. The van der Waals surface area contributed by atoms with E-state index in [2.05, 4.69) is 10.0 Å². The fourth-order valence-corrected chi connectivity index (χ4v) is 2.77. The van der Waals surface area contributed by atoms with Gasteiger partial charge in [-0.2, -0.15) is 4.72 Å². The van der Waals surface area contributed by atoms with Gasteiger partial charge >= 0.3 is 0 Å².